The SMILES string of the molecule is CNc1cncc(N(C)c2cc(C)cc(C)c2)c1. The average molecular weight is 241 g/mol. The molecule has 0 atom stereocenters. The zero-order valence-electron chi connectivity index (χ0n) is 11.4. The molecule has 1 aromatic heterocycles. The van der Waals surface area contributed by atoms with E-state index in [4.69, 9.17) is 0 Å². The molecule has 0 unspecified atom stereocenters. The highest BCUT2D eigenvalue weighted by Gasteiger charge is 2.06. The van der Waals surface area contributed by atoms with Crippen molar-refractivity contribution >= 4 is 17.1 Å². The van der Waals surface area contributed by atoms with E-state index in [-0.39, 0.29) is 0 Å². The van der Waals surface area contributed by atoms with Crippen LogP contribution in [0.1, 0.15) is 11.1 Å². The first-order valence-electron chi connectivity index (χ1n) is 6.05. The minimum Gasteiger partial charge on any atom is -0.387 e. The molecule has 0 radical (unpaired) electrons. The van der Waals surface area contributed by atoms with Crippen molar-refractivity contribution in [2.75, 3.05) is 24.3 Å². The molecule has 18 heavy (non-hydrogen) atoms. The van der Waals surface area contributed by atoms with Crippen LogP contribution >= 0.6 is 0 Å². The lowest BCUT2D eigenvalue weighted by atomic mass is 10.1. The lowest BCUT2D eigenvalue weighted by Gasteiger charge is -2.20. The van der Waals surface area contributed by atoms with Gasteiger partial charge >= 0.3 is 0 Å². The topological polar surface area (TPSA) is 28.2 Å². The molecule has 0 saturated carbocycles. The van der Waals surface area contributed by atoms with Crippen molar-refractivity contribution in [2.24, 2.45) is 0 Å². The maximum atomic E-state index is 4.24. The molecule has 1 heterocycles. The third-order valence-corrected chi connectivity index (χ3v) is 2.99. The molecular formula is C15H19N3. The Balaban J connectivity index is 2.37. The van der Waals surface area contributed by atoms with E-state index in [1.165, 1.54) is 16.8 Å². The van der Waals surface area contributed by atoms with Gasteiger partial charge in [0.25, 0.3) is 0 Å². The summed E-state index contributed by atoms with van der Waals surface area (Å²) in [4.78, 5) is 6.39. The van der Waals surface area contributed by atoms with E-state index in [1.54, 1.807) is 0 Å². The number of hydrogen-bond donors (Lipinski definition) is 1. The van der Waals surface area contributed by atoms with Crippen LogP contribution in [-0.4, -0.2) is 19.1 Å². The van der Waals surface area contributed by atoms with E-state index >= 15 is 0 Å². The number of rotatable bonds is 3. The molecule has 2 rings (SSSR count). The summed E-state index contributed by atoms with van der Waals surface area (Å²) in [6, 6.07) is 8.63. The average Bonchev–Trinajstić information content (AvgIpc) is 2.37. The largest absolute Gasteiger partial charge is 0.387 e. The van der Waals surface area contributed by atoms with E-state index in [1.807, 2.05) is 19.4 Å². The van der Waals surface area contributed by atoms with E-state index in [0.29, 0.717) is 0 Å². The Bertz CT molecular complexity index is 529. The summed E-state index contributed by atoms with van der Waals surface area (Å²) in [7, 11) is 3.96. The van der Waals surface area contributed by atoms with Gasteiger partial charge in [0, 0.05) is 19.8 Å². The quantitative estimate of drug-likeness (QED) is 0.891. The van der Waals surface area contributed by atoms with Crippen LogP contribution in [-0.2, 0) is 0 Å². The van der Waals surface area contributed by atoms with E-state index in [9.17, 15) is 0 Å². The van der Waals surface area contributed by atoms with Crippen molar-refractivity contribution in [3.63, 3.8) is 0 Å². The molecule has 0 aliphatic heterocycles. The highest BCUT2D eigenvalue weighted by molar-refractivity contribution is 5.66. The Morgan fingerprint density at radius 2 is 1.61 bits per heavy atom. The normalized spacial score (nSPS) is 10.2. The van der Waals surface area contributed by atoms with Crippen molar-refractivity contribution in [1.29, 1.82) is 0 Å². The Labute approximate surface area is 108 Å². The molecule has 0 amide bonds. The number of anilines is 3. The Morgan fingerprint density at radius 3 is 2.22 bits per heavy atom. The predicted molar refractivity (Wildman–Crippen MR) is 77.8 cm³/mol. The predicted octanol–water partition coefficient (Wildman–Crippen LogP) is 3.51. The van der Waals surface area contributed by atoms with Crippen LogP contribution in [0.15, 0.2) is 36.7 Å². The molecule has 1 N–H and O–H groups in total. The number of aryl methyl sites for hydroxylation is 2. The first kappa shape index (κ1) is 12.4. The third-order valence-electron chi connectivity index (χ3n) is 2.99. The van der Waals surface area contributed by atoms with Crippen LogP contribution in [0, 0.1) is 13.8 Å². The van der Waals surface area contributed by atoms with Crippen LogP contribution < -0.4 is 10.2 Å². The summed E-state index contributed by atoms with van der Waals surface area (Å²) in [5.41, 5.74) is 5.82. The smallest absolute Gasteiger partial charge is 0.0615 e. The van der Waals surface area contributed by atoms with Crippen molar-refractivity contribution in [3.05, 3.63) is 47.8 Å². The number of hydrogen-bond acceptors (Lipinski definition) is 3. The van der Waals surface area contributed by atoms with Gasteiger partial charge in [-0.05, 0) is 43.2 Å². The summed E-state index contributed by atoms with van der Waals surface area (Å²) < 4.78 is 0. The molecule has 2 aromatic rings. The molecule has 0 fully saturated rings. The molecule has 94 valence electrons. The maximum Gasteiger partial charge on any atom is 0.0615 e. The molecule has 3 heteroatoms. The van der Waals surface area contributed by atoms with E-state index < -0.39 is 0 Å². The highest BCUT2D eigenvalue weighted by atomic mass is 15.1. The highest BCUT2D eigenvalue weighted by Crippen LogP contribution is 2.26. The lowest BCUT2D eigenvalue weighted by Crippen LogP contribution is -2.10. The van der Waals surface area contributed by atoms with Gasteiger partial charge in [-0.2, -0.15) is 0 Å². The number of pyridine rings is 1. The van der Waals surface area contributed by atoms with Gasteiger partial charge in [-0.3, -0.25) is 4.98 Å². The first-order valence-corrected chi connectivity index (χ1v) is 6.05. The zero-order chi connectivity index (χ0) is 13.1. The van der Waals surface area contributed by atoms with Gasteiger partial charge in [-0.25, -0.2) is 0 Å². The fourth-order valence-corrected chi connectivity index (χ4v) is 2.04. The fourth-order valence-electron chi connectivity index (χ4n) is 2.04. The van der Waals surface area contributed by atoms with Crippen molar-refractivity contribution in [1.82, 2.24) is 4.98 Å². The van der Waals surface area contributed by atoms with Crippen LogP contribution in [0.3, 0.4) is 0 Å². The molecule has 0 aliphatic rings. The number of aromatic nitrogens is 1. The summed E-state index contributed by atoms with van der Waals surface area (Å²) >= 11 is 0. The molecule has 0 saturated heterocycles. The fraction of sp³-hybridized carbons (Fsp3) is 0.267. The Morgan fingerprint density at radius 1 is 0.944 bits per heavy atom. The van der Waals surface area contributed by atoms with Gasteiger partial charge < -0.3 is 10.2 Å². The molecule has 3 nitrogen and oxygen atoms in total. The monoisotopic (exact) mass is 241 g/mol. The lowest BCUT2D eigenvalue weighted by molar-refractivity contribution is 1.16. The van der Waals surface area contributed by atoms with Crippen LogP contribution in [0.25, 0.3) is 0 Å². The molecule has 0 bridgehead atoms. The van der Waals surface area contributed by atoms with Gasteiger partial charge in [0.15, 0.2) is 0 Å². The van der Waals surface area contributed by atoms with Crippen LogP contribution in [0.5, 0.6) is 0 Å². The Hall–Kier alpha value is -2.03. The molecule has 0 aliphatic carbocycles. The first-order chi connectivity index (χ1) is 8.60. The zero-order valence-corrected chi connectivity index (χ0v) is 11.4. The van der Waals surface area contributed by atoms with Crippen LogP contribution in [0.2, 0.25) is 0 Å². The molecule has 0 spiro atoms. The molecule has 1 aromatic carbocycles. The number of benzene rings is 1. The second kappa shape index (κ2) is 5.08. The second-order valence-electron chi connectivity index (χ2n) is 4.59. The van der Waals surface area contributed by atoms with Gasteiger partial charge in [-0.1, -0.05) is 6.07 Å². The summed E-state index contributed by atoms with van der Waals surface area (Å²) in [6.07, 6.45) is 3.69. The van der Waals surface area contributed by atoms with Crippen molar-refractivity contribution in [2.45, 2.75) is 13.8 Å². The summed E-state index contributed by atoms with van der Waals surface area (Å²) in [5, 5.41) is 3.11. The minimum absolute atomic E-state index is 1.02. The van der Waals surface area contributed by atoms with Crippen molar-refractivity contribution < 1.29 is 0 Å². The maximum absolute atomic E-state index is 4.24. The van der Waals surface area contributed by atoms with Gasteiger partial charge in [0.05, 0.1) is 23.8 Å². The number of nitrogens with zero attached hydrogens (tertiary/aromatic N) is 2. The van der Waals surface area contributed by atoms with Gasteiger partial charge in [0.2, 0.25) is 0 Å². The molecular weight excluding hydrogens is 222 g/mol. The van der Waals surface area contributed by atoms with E-state index in [2.05, 4.69) is 60.4 Å². The summed E-state index contributed by atoms with van der Waals surface area (Å²) in [6.45, 7) is 4.24. The minimum atomic E-state index is 1.02. The standard InChI is InChI=1S/C15H19N3/c1-11-5-12(2)7-14(6-11)18(4)15-8-13(16-3)9-17-10-15/h5-10,16H,1-4H3. The third kappa shape index (κ3) is 2.62. The van der Waals surface area contributed by atoms with Gasteiger partial charge in [-0.15, -0.1) is 0 Å². The summed E-state index contributed by atoms with van der Waals surface area (Å²) in [5.74, 6) is 0. The number of nitrogens with one attached hydrogen (secondary N) is 1. The van der Waals surface area contributed by atoms with Crippen molar-refractivity contribution in [3.8, 4) is 0 Å². The van der Waals surface area contributed by atoms with Crippen LogP contribution in [0.4, 0.5) is 17.1 Å². The van der Waals surface area contributed by atoms with E-state index in [0.717, 1.165) is 11.4 Å². The second-order valence-corrected chi connectivity index (χ2v) is 4.59. The Kier molecular flexibility index (Phi) is 3.51. The van der Waals surface area contributed by atoms with Gasteiger partial charge in [0.1, 0.15) is 0 Å².